The lowest BCUT2D eigenvalue weighted by atomic mass is 10.2. The van der Waals surface area contributed by atoms with Gasteiger partial charge < -0.3 is 15.3 Å². The third kappa shape index (κ3) is 2.97. The molecule has 1 rings (SSSR count). The zero-order chi connectivity index (χ0) is 12.1. The van der Waals surface area contributed by atoms with Crippen molar-refractivity contribution in [1.82, 2.24) is 10.9 Å². The van der Waals surface area contributed by atoms with Crippen LogP contribution in [0.4, 0.5) is 0 Å². The van der Waals surface area contributed by atoms with E-state index >= 15 is 0 Å². The van der Waals surface area contributed by atoms with Crippen molar-refractivity contribution in [3.63, 3.8) is 0 Å². The summed E-state index contributed by atoms with van der Waals surface area (Å²) in [4.78, 5) is 0. The number of hydrazine groups is 1. The number of aromatic hydroxyl groups is 3. The molecule has 0 aliphatic rings. The third-order valence-electron chi connectivity index (χ3n) is 1.61. The molecule has 1 aromatic rings. The minimum atomic E-state index is -0.310. The summed E-state index contributed by atoms with van der Waals surface area (Å²) < 4.78 is 0. The summed E-state index contributed by atoms with van der Waals surface area (Å²) in [6, 6.07) is 2.14. The average molecular weight is 242 g/mol. The second-order valence-electron chi connectivity index (χ2n) is 2.74. The van der Waals surface area contributed by atoms with E-state index in [4.69, 9.17) is 10.9 Å². The second kappa shape index (κ2) is 5.14. The number of phenols is 3. The van der Waals surface area contributed by atoms with E-state index in [9.17, 15) is 10.2 Å². The second-order valence-corrected chi connectivity index (χ2v) is 3.15. The van der Waals surface area contributed by atoms with E-state index in [0.717, 1.165) is 18.3 Å². The highest BCUT2D eigenvalue weighted by atomic mass is 32.1. The topological polar surface area (TPSA) is 123 Å². The summed E-state index contributed by atoms with van der Waals surface area (Å²) in [5, 5.41) is 31.5. The van der Waals surface area contributed by atoms with Crippen LogP contribution in [0.3, 0.4) is 0 Å². The number of benzene rings is 1. The van der Waals surface area contributed by atoms with Gasteiger partial charge in [-0.1, -0.05) is 0 Å². The van der Waals surface area contributed by atoms with Gasteiger partial charge >= 0.3 is 0 Å². The van der Waals surface area contributed by atoms with E-state index in [1.807, 2.05) is 0 Å². The summed E-state index contributed by atoms with van der Waals surface area (Å²) in [7, 11) is 0. The van der Waals surface area contributed by atoms with Crippen molar-refractivity contribution in [2.75, 3.05) is 0 Å². The summed E-state index contributed by atoms with van der Waals surface area (Å²) in [5.41, 5.74) is 4.51. The first kappa shape index (κ1) is 12.0. The molecule has 7 N–H and O–H groups in total. The lowest BCUT2D eigenvalue weighted by molar-refractivity contribution is 0.427. The van der Waals surface area contributed by atoms with Crippen molar-refractivity contribution in [3.05, 3.63) is 17.7 Å². The van der Waals surface area contributed by atoms with E-state index in [0.29, 0.717) is 0 Å². The fraction of sp³-hybridized carbons (Fsp3) is 0. The first-order chi connectivity index (χ1) is 7.54. The SMILES string of the molecule is NNC(=S)N/N=C/c1c(O)cc(O)cc1O. The normalized spacial score (nSPS) is 10.3. The van der Waals surface area contributed by atoms with E-state index in [1.54, 1.807) is 0 Å². The fourth-order valence-corrected chi connectivity index (χ4v) is 0.981. The molecule has 0 atom stereocenters. The molecule has 8 heteroatoms. The number of phenolic OH excluding ortho intramolecular Hbond substituents is 3. The van der Waals surface area contributed by atoms with Gasteiger partial charge in [-0.3, -0.25) is 10.9 Å². The Kier molecular flexibility index (Phi) is 3.86. The molecule has 0 saturated heterocycles. The fourth-order valence-electron chi connectivity index (χ4n) is 0.929. The predicted octanol–water partition coefficient (Wildman–Crippen LogP) is -0.525. The van der Waals surface area contributed by atoms with Crippen molar-refractivity contribution in [1.29, 1.82) is 0 Å². The first-order valence-corrected chi connectivity index (χ1v) is 4.50. The Morgan fingerprint density at radius 2 is 1.88 bits per heavy atom. The minimum Gasteiger partial charge on any atom is -0.508 e. The Morgan fingerprint density at radius 3 is 2.38 bits per heavy atom. The quantitative estimate of drug-likeness (QED) is 0.178. The summed E-state index contributed by atoms with van der Waals surface area (Å²) in [6.45, 7) is 0. The van der Waals surface area contributed by atoms with Gasteiger partial charge in [0.1, 0.15) is 17.2 Å². The lowest BCUT2D eigenvalue weighted by Crippen LogP contribution is -2.37. The van der Waals surface area contributed by atoms with E-state index in [2.05, 4.69) is 28.2 Å². The van der Waals surface area contributed by atoms with Crippen molar-refractivity contribution >= 4 is 23.5 Å². The van der Waals surface area contributed by atoms with Crippen molar-refractivity contribution < 1.29 is 15.3 Å². The number of nitrogens with two attached hydrogens (primary N) is 1. The zero-order valence-corrected chi connectivity index (χ0v) is 8.82. The number of hydrazone groups is 1. The van der Waals surface area contributed by atoms with Crippen LogP contribution in [0.15, 0.2) is 17.2 Å². The van der Waals surface area contributed by atoms with Crippen LogP contribution in [-0.4, -0.2) is 26.6 Å². The molecular weight excluding hydrogens is 232 g/mol. The molecule has 7 nitrogen and oxygen atoms in total. The highest BCUT2D eigenvalue weighted by molar-refractivity contribution is 7.80. The molecule has 86 valence electrons. The maximum Gasteiger partial charge on any atom is 0.201 e. The largest absolute Gasteiger partial charge is 0.508 e. The van der Waals surface area contributed by atoms with Gasteiger partial charge in [0.15, 0.2) is 0 Å². The van der Waals surface area contributed by atoms with E-state index in [-0.39, 0.29) is 27.9 Å². The summed E-state index contributed by atoms with van der Waals surface area (Å²) >= 11 is 4.63. The maximum absolute atomic E-state index is 9.38. The van der Waals surface area contributed by atoms with Gasteiger partial charge in [-0.05, 0) is 12.2 Å². The van der Waals surface area contributed by atoms with Crippen molar-refractivity contribution in [2.45, 2.75) is 0 Å². The van der Waals surface area contributed by atoms with Gasteiger partial charge in [0.05, 0.1) is 11.8 Å². The van der Waals surface area contributed by atoms with Crippen LogP contribution in [0.5, 0.6) is 17.2 Å². The third-order valence-corrected chi connectivity index (χ3v) is 1.82. The van der Waals surface area contributed by atoms with Gasteiger partial charge in [0.2, 0.25) is 5.11 Å². The molecule has 0 heterocycles. The number of nitrogens with zero attached hydrogens (tertiary/aromatic N) is 1. The maximum atomic E-state index is 9.38. The Labute approximate surface area is 96.2 Å². The van der Waals surface area contributed by atoms with Gasteiger partial charge in [-0.2, -0.15) is 5.10 Å². The monoisotopic (exact) mass is 242 g/mol. The standard InChI is InChI=1S/C8H10N4O3S/c9-11-8(16)12-10-3-5-6(14)1-4(13)2-7(5)15/h1-3,13-15H,9H2,(H2,11,12,16)/b10-3+. The van der Waals surface area contributed by atoms with Crippen LogP contribution in [0.1, 0.15) is 5.56 Å². The number of hydrogen-bond acceptors (Lipinski definition) is 6. The Hall–Kier alpha value is -2.06. The Bertz CT molecular complexity index is 412. The van der Waals surface area contributed by atoms with Crippen LogP contribution in [0, 0.1) is 0 Å². The van der Waals surface area contributed by atoms with Crippen LogP contribution in [0.2, 0.25) is 0 Å². The van der Waals surface area contributed by atoms with Gasteiger partial charge in [-0.15, -0.1) is 0 Å². The Balaban J connectivity index is 2.85. The highest BCUT2D eigenvalue weighted by Gasteiger charge is 2.06. The van der Waals surface area contributed by atoms with Gasteiger partial charge in [0.25, 0.3) is 0 Å². The van der Waals surface area contributed by atoms with E-state index < -0.39 is 0 Å². The number of nitrogens with one attached hydrogen (secondary N) is 2. The number of rotatable bonds is 2. The molecule has 0 amide bonds. The predicted molar refractivity (Wildman–Crippen MR) is 62.1 cm³/mol. The zero-order valence-electron chi connectivity index (χ0n) is 8.01. The smallest absolute Gasteiger partial charge is 0.201 e. The molecule has 0 radical (unpaired) electrons. The number of thiocarbonyl (C=S) groups is 1. The number of hydrogen-bond donors (Lipinski definition) is 6. The molecule has 0 unspecified atom stereocenters. The van der Waals surface area contributed by atoms with Gasteiger partial charge in [-0.25, -0.2) is 5.84 Å². The molecule has 0 aromatic heterocycles. The average Bonchev–Trinajstić information content (AvgIpc) is 2.21. The van der Waals surface area contributed by atoms with Crippen LogP contribution < -0.4 is 16.7 Å². The molecule has 0 spiro atoms. The van der Waals surface area contributed by atoms with Crippen molar-refractivity contribution in [2.24, 2.45) is 10.9 Å². The van der Waals surface area contributed by atoms with E-state index in [1.165, 1.54) is 0 Å². The van der Waals surface area contributed by atoms with Gasteiger partial charge in [0, 0.05) is 12.1 Å². The molecular formula is C8H10N4O3S. The summed E-state index contributed by atoms with van der Waals surface area (Å²) in [6.07, 6.45) is 1.13. The lowest BCUT2D eigenvalue weighted by Gasteiger charge is -2.03. The molecule has 0 aliphatic heterocycles. The molecule has 0 fully saturated rings. The molecule has 1 aromatic carbocycles. The first-order valence-electron chi connectivity index (χ1n) is 4.09. The summed E-state index contributed by atoms with van der Waals surface area (Å²) in [5.74, 6) is 4.10. The van der Waals surface area contributed by atoms with Crippen molar-refractivity contribution in [3.8, 4) is 17.2 Å². The van der Waals surface area contributed by atoms with Crippen LogP contribution >= 0.6 is 12.2 Å². The Morgan fingerprint density at radius 1 is 1.31 bits per heavy atom. The molecule has 16 heavy (non-hydrogen) atoms. The molecule has 0 saturated carbocycles. The highest BCUT2D eigenvalue weighted by Crippen LogP contribution is 2.30. The molecule has 0 aliphatic carbocycles. The minimum absolute atomic E-state index is 0.0464. The van der Waals surface area contributed by atoms with Crippen LogP contribution in [0.25, 0.3) is 0 Å². The van der Waals surface area contributed by atoms with Crippen LogP contribution in [-0.2, 0) is 0 Å². The molecule has 0 bridgehead atoms.